The van der Waals surface area contributed by atoms with Crippen LogP contribution in [0.3, 0.4) is 0 Å². The van der Waals surface area contributed by atoms with Crippen molar-refractivity contribution in [3.8, 4) is 5.75 Å². The molecular weight excluding hydrogens is 232 g/mol. The number of rotatable bonds is 4. The second-order valence-corrected chi connectivity index (χ2v) is 5.70. The molecule has 92 valence electrons. The quantitative estimate of drug-likeness (QED) is 0.596. The maximum Gasteiger partial charge on any atom is 0.310 e. The van der Waals surface area contributed by atoms with Crippen molar-refractivity contribution < 1.29 is 9.53 Å². The highest BCUT2D eigenvalue weighted by Crippen LogP contribution is 2.35. The first-order valence-corrected chi connectivity index (χ1v) is 7.13. The first-order chi connectivity index (χ1) is 8.28. The summed E-state index contributed by atoms with van der Waals surface area (Å²) >= 11 is 1.91. The maximum atomic E-state index is 11.2. The Kier molecular flexibility index (Phi) is 4.49. The standard InChI is InChI=1S/C14H18O2S/c1-2-14(15)16-11-6-5-9-13(10-11)17-12-7-3-4-8-12/h5-6,9-10,12H,2-4,7-8H2,1H3. The first kappa shape index (κ1) is 12.5. The zero-order chi connectivity index (χ0) is 12.1. The highest BCUT2D eigenvalue weighted by molar-refractivity contribution is 8.00. The number of benzene rings is 1. The minimum Gasteiger partial charge on any atom is -0.426 e. The Morgan fingerprint density at radius 3 is 2.88 bits per heavy atom. The molecule has 1 aromatic rings. The van der Waals surface area contributed by atoms with Crippen molar-refractivity contribution in [2.45, 2.75) is 49.2 Å². The van der Waals surface area contributed by atoms with Gasteiger partial charge in [-0.15, -0.1) is 11.8 Å². The van der Waals surface area contributed by atoms with Gasteiger partial charge < -0.3 is 4.74 Å². The smallest absolute Gasteiger partial charge is 0.310 e. The van der Waals surface area contributed by atoms with E-state index in [1.807, 2.05) is 30.0 Å². The molecule has 0 spiro atoms. The van der Waals surface area contributed by atoms with Crippen LogP contribution in [0.4, 0.5) is 0 Å². The molecule has 1 aliphatic carbocycles. The number of carbonyl (C=O) groups is 1. The lowest BCUT2D eigenvalue weighted by Crippen LogP contribution is -2.05. The normalized spacial score (nSPS) is 16.1. The average Bonchev–Trinajstić information content (AvgIpc) is 2.82. The van der Waals surface area contributed by atoms with Gasteiger partial charge in [0.2, 0.25) is 0 Å². The number of carbonyl (C=O) groups excluding carboxylic acids is 1. The summed E-state index contributed by atoms with van der Waals surface area (Å²) in [5.74, 6) is 0.493. The first-order valence-electron chi connectivity index (χ1n) is 6.25. The van der Waals surface area contributed by atoms with Gasteiger partial charge in [-0.05, 0) is 31.0 Å². The van der Waals surface area contributed by atoms with E-state index in [9.17, 15) is 4.79 Å². The Hall–Kier alpha value is -0.960. The topological polar surface area (TPSA) is 26.3 Å². The molecular formula is C14H18O2S. The van der Waals surface area contributed by atoms with Gasteiger partial charge in [0.1, 0.15) is 5.75 Å². The van der Waals surface area contributed by atoms with Gasteiger partial charge in [0.15, 0.2) is 0 Å². The molecule has 17 heavy (non-hydrogen) atoms. The summed E-state index contributed by atoms with van der Waals surface area (Å²) in [6, 6.07) is 7.85. The summed E-state index contributed by atoms with van der Waals surface area (Å²) in [6.45, 7) is 1.81. The predicted molar refractivity (Wildman–Crippen MR) is 70.5 cm³/mol. The van der Waals surface area contributed by atoms with Gasteiger partial charge in [-0.3, -0.25) is 4.79 Å². The van der Waals surface area contributed by atoms with Crippen molar-refractivity contribution in [2.75, 3.05) is 0 Å². The van der Waals surface area contributed by atoms with Crippen molar-refractivity contribution in [1.29, 1.82) is 0 Å². The summed E-state index contributed by atoms with van der Waals surface area (Å²) in [5.41, 5.74) is 0. The molecule has 2 nitrogen and oxygen atoms in total. The van der Waals surface area contributed by atoms with Gasteiger partial charge in [-0.1, -0.05) is 25.8 Å². The van der Waals surface area contributed by atoms with Crippen LogP contribution in [0.15, 0.2) is 29.2 Å². The van der Waals surface area contributed by atoms with Crippen LogP contribution in [0.1, 0.15) is 39.0 Å². The Morgan fingerprint density at radius 1 is 1.41 bits per heavy atom. The molecule has 3 heteroatoms. The minimum atomic E-state index is -0.173. The number of hydrogen-bond acceptors (Lipinski definition) is 3. The van der Waals surface area contributed by atoms with Crippen molar-refractivity contribution in [1.82, 2.24) is 0 Å². The summed E-state index contributed by atoms with van der Waals surface area (Å²) in [6.07, 6.45) is 5.73. The maximum absolute atomic E-state index is 11.2. The number of thioether (sulfide) groups is 1. The lowest BCUT2D eigenvalue weighted by atomic mass is 10.3. The summed E-state index contributed by atoms with van der Waals surface area (Å²) in [5, 5.41) is 0.743. The SMILES string of the molecule is CCC(=O)Oc1cccc(SC2CCCC2)c1. The fourth-order valence-corrected chi connectivity index (χ4v) is 3.31. The van der Waals surface area contributed by atoms with E-state index in [2.05, 4.69) is 6.07 Å². The summed E-state index contributed by atoms with van der Waals surface area (Å²) in [4.78, 5) is 12.4. The molecule has 0 saturated heterocycles. The molecule has 1 fully saturated rings. The molecule has 1 aliphatic rings. The number of ether oxygens (including phenoxy) is 1. The van der Waals surface area contributed by atoms with Crippen LogP contribution in [0.25, 0.3) is 0 Å². The lowest BCUT2D eigenvalue weighted by Gasteiger charge is -2.09. The molecule has 0 atom stereocenters. The van der Waals surface area contributed by atoms with Crippen LogP contribution in [0.5, 0.6) is 5.75 Å². The fourth-order valence-electron chi connectivity index (χ4n) is 2.01. The summed E-state index contributed by atoms with van der Waals surface area (Å²) < 4.78 is 5.22. The third-order valence-corrected chi connectivity index (χ3v) is 4.26. The van der Waals surface area contributed by atoms with Crippen LogP contribution < -0.4 is 4.74 Å². The minimum absolute atomic E-state index is 0.173. The molecule has 0 aliphatic heterocycles. The average molecular weight is 250 g/mol. The Labute approximate surface area is 107 Å². The monoisotopic (exact) mass is 250 g/mol. The molecule has 0 aromatic heterocycles. The zero-order valence-electron chi connectivity index (χ0n) is 10.1. The second-order valence-electron chi connectivity index (χ2n) is 4.33. The molecule has 2 rings (SSSR count). The zero-order valence-corrected chi connectivity index (χ0v) is 11.0. The largest absolute Gasteiger partial charge is 0.426 e. The highest BCUT2D eigenvalue weighted by Gasteiger charge is 2.16. The van der Waals surface area contributed by atoms with Crippen molar-refractivity contribution >= 4 is 17.7 Å². The van der Waals surface area contributed by atoms with Gasteiger partial charge in [0.25, 0.3) is 0 Å². The van der Waals surface area contributed by atoms with Gasteiger partial charge >= 0.3 is 5.97 Å². The summed E-state index contributed by atoms with van der Waals surface area (Å²) in [7, 11) is 0. The van der Waals surface area contributed by atoms with Crippen LogP contribution in [-0.4, -0.2) is 11.2 Å². The Balaban J connectivity index is 1.97. The van der Waals surface area contributed by atoms with E-state index in [0.29, 0.717) is 12.2 Å². The van der Waals surface area contributed by atoms with Gasteiger partial charge in [0, 0.05) is 16.6 Å². The molecule has 0 N–H and O–H groups in total. The van der Waals surface area contributed by atoms with E-state index in [1.165, 1.54) is 30.6 Å². The van der Waals surface area contributed by atoms with E-state index in [-0.39, 0.29) is 5.97 Å². The van der Waals surface area contributed by atoms with Crippen molar-refractivity contribution in [3.05, 3.63) is 24.3 Å². The molecule has 0 bridgehead atoms. The molecule has 0 radical (unpaired) electrons. The van der Waals surface area contributed by atoms with Gasteiger partial charge in [-0.2, -0.15) is 0 Å². The Bertz CT molecular complexity index is 384. The lowest BCUT2D eigenvalue weighted by molar-refractivity contribution is -0.134. The van der Waals surface area contributed by atoms with E-state index in [1.54, 1.807) is 6.92 Å². The van der Waals surface area contributed by atoms with Crippen molar-refractivity contribution in [2.24, 2.45) is 0 Å². The van der Waals surface area contributed by atoms with Crippen LogP contribution in [-0.2, 0) is 4.79 Å². The van der Waals surface area contributed by atoms with E-state index >= 15 is 0 Å². The van der Waals surface area contributed by atoms with Crippen LogP contribution in [0.2, 0.25) is 0 Å². The van der Waals surface area contributed by atoms with E-state index in [4.69, 9.17) is 4.74 Å². The molecule has 1 aromatic carbocycles. The van der Waals surface area contributed by atoms with Gasteiger partial charge in [0.05, 0.1) is 0 Å². The molecule has 0 heterocycles. The van der Waals surface area contributed by atoms with Crippen molar-refractivity contribution in [3.63, 3.8) is 0 Å². The van der Waals surface area contributed by atoms with Gasteiger partial charge in [-0.25, -0.2) is 0 Å². The van der Waals surface area contributed by atoms with Crippen LogP contribution in [0, 0.1) is 0 Å². The highest BCUT2D eigenvalue weighted by atomic mass is 32.2. The van der Waals surface area contributed by atoms with E-state index in [0.717, 1.165) is 5.25 Å². The number of esters is 1. The molecule has 0 amide bonds. The third-order valence-electron chi connectivity index (χ3n) is 2.93. The van der Waals surface area contributed by atoms with Crippen LogP contribution >= 0.6 is 11.8 Å². The van der Waals surface area contributed by atoms with E-state index < -0.39 is 0 Å². The predicted octanol–water partition coefficient (Wildman–Crippen LogP) is 4.04. The third kappa shape index (κ3) is 3.77. The Morgan fingerprint density at radius 2 is 2.18 bits per heavy atom. The fraction of sp³-hybridized carbons (Fsp3) is 0.500. The second kappa shape index (κ2) is 6.10. The molecule has 0 unspecified atom stereocenters. The number of hydrogen-bond donors (Lipinski definition) is 0. The molecule has 1 saturated carbocycles.